The van der Waals surface area contributed by atoms with Crippen LogP contribution in [0.2, 0.25) is 0 Å². The average Bonchev–Trinajstić information content (AvgIpc) is 3.13. The fourth-order valence-corrected chi connectivity index (χ4v) is 3.25. The number of hydrogen-bond donors (Lipinski definition) is 0. The summed E-state index contributed by atoms with van der Waals surface area (Å²) in [6, 6.07) is 1.24. The van der Waals surface area contributed by atoms with Crippen LogP contribution in [0.25, 0.3) is 0 Å². The molecule has 3 rings (SSSR count). The van der Waals surface area contributed by atoms with Crippen LogP contribution in [-0.4, -0.2) is 62.8 Å². The van der Waals surface area contributed by atoms with E-state index in [0.29, 0.717) is 26.1 Å². The van der Waals surface area contributed by atoms with Gasteiger partial charge in [0.2, 0.25) is 0 Å². The highest BCUT2D eigenvalue weighted by Crippen LogP contribution is 2.23. The summed E-state index contributed by atoms with van der Waals surface area (Å²) in [5, 5.41) is 4.13. The Hall–Kier alpha value is -2.35. The van der Waals surface area contributed by atoms with Gasteiger partial charge < -0.3 is 4.90 Å². The van der Waals surface area contributed by atoms with E-state index in [2.05, 4.69) is 10.1 Å². The summed E-state index contributed by atoms with van der Waals surface area (Å²) in [7, 11) is 3.44. The van der Waals surface area contributed by atoms with Crippen LogP contribution >= 0.6 is 0 Å². The van der Waals surface area contributed by atoms with Gasteiger partial charge in [0.1, 0.15) is 6.17 Å². The first kappa shape index (κ1) is 17.5. The Balaban J connectivity index is 1.67. The third-order valence-electron chi connectivity index (χ3n) is 4.46. The molecule has 2 aromatic heterocycles. The van der Waals surface area contributed by atoms with Crippen LogP contribution in [0.3, 0.4) is 0 Å². The Bertz CT molecular complexity index is 750. The summed E-state index contributed by atoms with van der Waals surface area (Å²) < 4.78 is 29.4. The summed E-state index contributed by atoms with van der Waals surface area (Å²) in [5.41, 5.74) is 0.974. The van der Waals surface area contributed by atoms with Crippen molar-refractivity contribution in [2.24, 2.45) is 7.05 Å². The van der Waals surface area contributed by atoms with Gasteiger partial charge in [0.25, 0.3) is 5.91 Å². The second-order valence-corrected chi connectivity index (χ2v) is 6.48. The normalized spacial score (nSPS) is 20.8. The molecule has 1 amide bonds. The van der Waals surface area contributed by atoms with Gasteiger partial charge in [-0.05, 0) is 12.5 Å². The average molecular weight is 349 g/mol. The quantitative estimate of drug-likeness (QED) is 0.824. The van der Waals surface area contributed by atoms with Crippen LogP contribution in [0.5, 0.6) is 0 Å². The van der Waals surface area contributed by atoms with Gasteiger partial charge >= 0.3 is 0 Å². The monoisotopic (exact) mass is 349 g/mol. The highest BCUT2D eigenvalue weighted by atomic mass is 19.1. The Kier molecular flexibility index (Phi) is 5.08. The number of halogens is 2. The summed E-state index contributed by atoms with van der Waals surface area (Å²) >= 11 is 0. The molecule has 8 heteroatoms. The van der Waals surface area contributed by atoms with Gasteiger partial charge in [-0.1, -0.05) is 0 Å². The smallest absolute Gasteiger partial charge is 0.256 e. The minimum atomic E-state index is -0.928. The van der Waals surface area contributed by atoms with Crippen LogP contribution in [0.1, 0.15) is 22.3 Å². The highest BCUT2D eigenvalue weighted by molar-refractivity contribution is 5.94. The standard InChI is InChI=1S/C17H21F2N5O/c1-22(17(25)15-3-4-20-7-16(15)19)11-14-5-13(18)10-24(14)9-12-6-21-23(2)8-12/h3-4,6-8,13-14H,5,9-11H2,1-2H3/t13-,14-/m0/s1. The van der Waals surface area contributed by atoms with Crippen molar-refractivity contribution < 1.29 is 13.6 Å². The first-order valence-corrected chi connectivity index (χ1v) is 8.14. The van der Waals surface area contributed by atoms with E-state index < -0.39 is 17.9 Å². The maximum absolute atomic E-state index is 13.9. The predicted octanol–water partition coefficient (Wildman–Crippen LogP) is 1.64. The molecule has 0 spiro atoms. The van der Waals surface area contributed by atoms with E-state index in [1.165, 1.54) is 17.2 Å². The van der Waals surface area contributed by atoms with E-state index in [9.17, 15) is 13.6 Å². The van der Waals surface area contributed by atoms with E-state index in [0.717, 1.165) is 11.8 Å². The lowest BCUT2D eigenvalue weighted by Gasteiger charge is -2.28. The molecule has 134 valence electrons. The molecule has 2 aromatic rings. The number of nitrogens with zero attached hydrogens (tertiary/aromatic N) is 5. The first-order chi connectivity index (χ1) is 11.9. The van der Waals surface area contributed by atoms with Gasteiger partial charge in [-0.25, -0.2) is 8.78 Å². The van der Waals surface area contributed by atoms with Gasteiger partial charge in [0.15, 0.2) is 5.82 Å². The van der Waals surface area contributed by atoms with Crippen molar-refractivity contribution in [3.8, 4) is 0 Å². The molecule has 0 aromatic carbocycles. The van der Waals surface area contributed by atoms with Gasteiger partial charge in [-0.3, -0.25) is 19.4 Å². The van der Waals surface area contributed by atoms with Gasteiger partial charge in [-0.15, -0.1) is 0 Å². The fourth-order valence-electron chi connectivity index (χ4n) is 3.25. The molecule has 3 heterocycles. The lowest BCUT2D eigenvalue weighted by Crippen LogP contribution is -2.41. The second-order valence-electron chi connectivity index (χ2n) is 6.48. The molecule has 1 aliphatic rings. The summed E-state index contributed by atoms with van der Waals surface area (Å²) in [6.45, 7) is 1.23. The summed E-state index contributed by atoms with van der Waals surface area (Å²) in [5.74, 6) is -1.08. The molecule has 0 saturated carbocycles. The van der Waals surface area contributed by atoms with Crippen molar-refractivity contribution in [2.45, 2.75) is 25.2 Å². The Morgan fingerprint density at radius 1 is 1.44 bits per heavy atom. The number of aromatic nitrogens is 3. The number of aryl methyl sites for hydroxylation is 1. The zero-order valence-electron chi connectivity index (χ0n) is 14.3. The van der Waals surface area contributed by atoms with Gasteiger partial charge in [0.05, 0.1) is 18.0 Å². The van der Waals surface area contributed by atoms with E-state index in [-0.39, 0.29) is 11.6 Å². The number of carbonyl (C=O) groups is 1. The van der Waals surface area contributed by atoms with Crippen molar-refractivity contribution in [3.05, 3.63) is 47.8 Å². The van der Waals surface area contributed by atoms with Crippen molar-refractivity contribution in [3.63, 3.8) is 0 Å². The Morgan fingerprint density at radius 2 is 2.24 bits per heavy atom. The number of rotatable bonds is 5. The van der Waals surface area contributed by atoms with Crippen molar-refractivity contribution in [1.82, 2.24) is 24.6 Å². The van der Waals surface area contributed by atoms with E-state index in [4.69, 9.17) is 0 Å². The maximum atomic E-state index is 13.9. The number of likely N-dealkylation sites (tertiary alicyclic amines) is 1. The minimum Gasteiger partial charge on any atom is -0.340 e. The number of alkyl halides is 1. The molecule has 0 bridgehead atoms. The Morgan fingerprint density at radius 3 is 2.92 bits per heavy atom. The fraction of sp³-hybridized carbons (Fsp3) is 0.471. The third kappa shape index (κ3) is 4.01. The summed E-state index contributed by atoms with van der Waals surface area (Å²) in [4.78, 5) is 19.5. The predicted molar refractivity (Wildman–Crippen MR) is 88.1 cm³/mol. The van der Waals surface area contributed by atoms with Crippen molar-refractivity contribution in [2.75, 3.05) is 20.1 Å². The second kappa shape index (κ2) is 7.26. The number of hydrogen-bond acceptors (Lipinski definition) is 4. The molecule has 1 aliphatic heterocycles. The minimum absolute atomic E-state index is 0.0221. The van der Waals surface area contributed by atoms with Crippen LogP contribution in [0.15, 0.2) is 30.9 Å². The first-order valence-electron chi connectivity index (χ1n) is 8.14. The molecule has 0 unspecified atom stereocenters. The zero-order chi connectivity index (χ0) is 18.0. The number of pyridine rings is 1. The third-order valence-corrected chi connectivity index (χ3v) is 4.46. The van der Waals surface area contributed by atoms with Crippen molar-refractivity contribution in [1.29, 1.82) is 0 Å². The molecular weight excluding hydrogens is 328 g/mol. The molecule has 25 heavy (non-hydrogen) atoms. The van der Waals surface area contributed by atoms with Crippen LogP contribution < -0.4 is 0 Å². The molecule has 2 atom stereocenters. The molecule has 0 N–H and O–H groups in total. The molecular formula is C17H21F2N5O. The van der Waals surface area contributed by atoms with Gasteiger partial charge in [0, 0.05) is 57.7 Å². The molecule has 0 aliphatic carbocycles. The lowest BCUT2D eigenvalue weighted by molar-refractivity contribution is 0.0745. The van der Waals surface area contributed by atoms with Crippen LogP contribution in [0.4, 0.5) is 8.78 Å². The number of carbonyl (C=O) groups excluding carboxylic acids is 1. The summed E-state index contributed by atoms with van der Waals surface area (Å²) in [6.07, 6.45) is 5.47. The van der Waals surface area contributed by atoms with Gasteiger partial charge in [-0.2, -0.15) is 5.10 Å². The highest BCUT2D eigenvalue weighted by Gasteiger charge is 2.34. The molecule has 0 radical (unpaired) electrons. The number of amides is 1. The molecule has 1 fully saturated rings. The lowest BCUT2D eigenvalue weighted by atomic mass is 10.1. The topological polar surface area (TPSA) is 54.3 Å². The Labute approximate surface area is 145 Å². The van der Waals surface area contributed by atoms with E-state index in [1.54, 1.807) is 17.9 Å². The van der Waals surface area contributed by atoms with Crippen LogP contribution in [-0.2, 0) is 13.6 Å². The van der Waals surface area contributed by atoms with Crippen LogP contribution in [0, 0.1) is 5.82 Å². The number of likely N-dealkylation sites (N-methyl/N-ethyl adjacent to an activating group) is 1. The SMILES string of the molecule is CN(C[C@@H]1C[C@H](F)CN1Cc1cnn(C)c1)C(=O)c1ccncc1F. The largest absolute Gasteiger partial charge is 0.340 e. The molecule has 1 saturated heterocycles. The maximum Gasteiger partial charge on any atom is 0.256 e. The van der Waals surface area contributed by atoms with Crippen molar-refractivity contribution >= 4 is 5.91 Å². The molecule has 6 nitrogen and oxygen atoms in total. The van der Waals surface area contributed by atoms with E-state index in [1.807, 2.05) is 18.1 Å². The zero-order valence-corrected chi connectivity index (χ0v) is 14.3. The van der Waals surface area contributed by atoms with E-state index >= 15 is 0 Å².